The summed E-state index contributed by atoms with van der Waals surface area (Å²) in [5.41, 5.74) is 0. The molecule has 0 aromatic carbocycles. The third-order valence-electron chi connectivity index (χ3n) is 2.51. The Bertz CT molecular complexity index is 425. The van der Waals surface area contributed by atoms with Crippen molar-refractivity contribution in [3.63, 3.8) is 0 Å². The molecule has 0 aliphatic rings. The first-order valence-electron chi connectivity index (χ1n) is 7.58. The van der Waals surface area contributed by atoms with E-state index in [9.17, 15) is 25.2 Å². The van der Waals surface area contributed by atoms with Crippen LogP contribution in [0.25, 0.3) is 0 Å². The van der Waals surface area contributed by atoms with Gasteiger partial charge in [0.15, 0.2) is 13.5 Å². The van der Waals surface area contributed by atoms with Crippen molar-refractivity contribution in [2.45, 2.75) is 53.0 Å². The summed E-state index contributed by atoms with van der Waals surface area (Å²) in [6.07, 6.45) is 10.6. The fourth-order valence-electron chi connectivity index (χ4n) is 1.42. The molecule has 0 aliphatic heterocycles. The van der Waals surface area contributed by atoms with Crippen LogP contribution in [0.3, 0.4) is 0 Å². The molecule has 0 radical (unpaired) electrons. The van der Waals surface area contributed by atoms with Crippen LogP contribution in [-0.4, -0.2) is 17.8 Å². The molecule has 0 unspecified atom stereocenters. The fourth-order valence-corrected chi connectivity index (χ4v) is 1.42. The zero-order chi connectivity index (χ0) is 18.8. The van der Waals surface area contributed by atoms with E-state index in [0.29, 0.717) is 13.5 Å². The molecule has 146 valence electrons. The molecule has 1 aromatic rings. The van der Waals surface area contributed by atoms with Gasteiger partial charge in [-0.1, -0.05) is 26.7 Å². The van der Waals surface area contributed by atoms with Gasteiger partial charge in [0.2, 0.25) is 6.33 Å². The number of nitrogens with zero attached hydrogens (tertiary/aromatic N) is 2. The van der Waals surface area contributed by atoms with E-state index in [-0.39, 0.29) is 0 Å². The molecule has 4 nitrogen and oxygen atoms in total. The van der Waals surface area contributed by atoms with Gasteiger partial charge in [0.25, 0.3) is 0 Å². The SMILES string of the molecule is CCCCOCn1cc[n+](COCCCC)c1.F[P-](F)(F)(F)(F)F. The molecule has 0 bridgehead atoms. The Labute approximate surface area is 137 Å². The molecule has 0 saturated carbocycles. The summed E-state index contributed by atoms with van der Waals surface area (Å²) in [4.78, 5) is 0. The van der Waals surface area contributed by atoms with Crippen LogP contribution in [0.5, 0.6) is 0 Å². The van der Waals surface area contributed by atoms with Crippen LogP contribution in [-0.2, 0) is 22.9 Å². The number of halogens is 6. The average Bonchev–Trinajstić information content (AvgIpc) is 2.84. The van der Waals surface area contributed by atoms with Crippen LogP contribution in [0.4, 0.5) is 25.2 Å². The molecule has 0 fully saturated rings. The number of unbranched alkanes of at least 4 members (excludes halogenated alkanes) is 2. The zero-order valence-electron chi connectivity index (χ0n) is 13.8. The monoisotopic (exact) mass is 386 g/mol. The fraction of sp³-hybridized carbons (Fsp3) is 0.769. The van der Waals surface area contributed by atoms with Crippen LogP contribution in [0.15, 0.2) is 18.7 Å². The third-order valence-corrected chi connectivity index (χ3v) is 2.51. The second kappa shape index (κ2) is 9.01. The molecule has 0 saturated heterocycles. The molecule has 0 atom stereocenters. The molecular formula is C13H25F6N2O2P. The number of ether oxygens (including phenoxy) is 2. The number of imidazole rings is 1. The van der Waals surface area contributed by atoms with Crippen LogP contribution in [0, 0.1) is 0 Å². The van der Waals surface area contributed by atoms with Gasteiger partial charge in [-0.2, -0.15) is 0 Å². The van der Waals surface area contributed by atoms with Gasteiger partial charge in [0, 0.05) is 0 Å². The normalized spacial score (nSPS) is 14.5. The second-order valence-corrected chi connectivity index (χ2v) is 7.10. The predicted octanol–water partition coefficient (Wildman–Crippen LogP) is 5.71. The minimum atomic E-state index is -10.7. The van der Waals surface area contributed by atoms with Gasteiger partial charge in [-0.05, 0) is 12.8 Å². The van der Waals surface area contributed by atoms with Gasteiger partial charge in [-0.3, -0.25) is 0 Å². The van der Waals surface area contributed by atoms with E-state index in [1.807, 2.05) is 27.9 Å². The summed E-state index contributed by atoms with van der Waals surface area (Å²) < 4.78 is 74.3. The van der Waals surface area contributed by atoms with Gasteiger partial charge < -0.3 is 9.47 Å². The minimum absolute atomic E-state index is 0.627. The topological polar surface area (TPSA) is 27.3 Å². The summed E-state index contributed by atoms with van der Waals surface area (Å²) in [5, 5.41) is 0. The number of hydrogen-bond donors (Lipinski definition) is 0. The summed E-state index contributed by atoms with van der Waals surface area (Å²) >= 11 is 0. The molecule has 1 rings (SSSR count). The Morgan fingerprint density at radius 2 is 1.42 bits per heavy atom. The Morgan fingerprint density at radius 1 is 0.917 bits per heavy atom. The predicted molar refractivity (Wildman–Crippen MR) is 79.9 cm³/mol. The third kappa shape index (κ3) is 21.1. The van der Waals surface area contributed by atoms with E-state index >= 15 is 0 Å². The first-order valence-corrected chi connectivity index (χ1v) is 9.61. The van der Waals surface area contributed by atoms with Crippen molar-refractivity contribution in [2.24, 2.45) is 0 Å². The van der Waals surface area contributed by atoms with Crippen molar-refractivity contribution in [3.8, 4) is 0 Å². The number of rotatable bonds is 10. The first-order chi connectivity index (χ1) is 10.8. The molecule has 0 spiro atoms. The molecular weight excluding hydrogens is 361 g/mol. The second-order valence-electron chi connectivity index (χ2n) is 5.18. The van der Waals surface area contributed by atoms with Crippen molar-refractivity contribution in [1.82, 2.24) is 4.57 Å². The van der Waals surface area contributed by atoms with Gasteiger partial charge in [0.05, 0.1) is 13.2 Å². The maximum atomic E-state index is 9.87. The van der Waals surface area contributed by atoms with Gasteiger partial charge in [-0.15, -0.1) is 0 Å². The van der Waals surface area contributed by atoms with E-state index in [4.69, 9.17) is 9.47 Å². The van der Waals surface area contributed by atoms with Gasteiger partial charge in [0.1, 0.15) is 12.4 Å². The summed E-state index contributed by atoms with van der Waals surface area (Å²) in [6.45, 7) is 7.26. The summed E-state index contributed by atoms with van der Waals surface area (Å²) in [5.74, 6) is 0. The maximum absolute atomic E-state index is 10.7. The van der Waals surface area contributed by atoms with E-state index in [0.717, 1.165) is 26.1 Å². The quantitative estimate of drug-likeness (QED) is 0.223. The molecule has 24 heavy (non-hydrogen) atoms. The van der Waals surface area contributed by atoms with Gasteiger partial charge >= 0.3 is 33.0 Å². The van der Waals surface area contributed by atoms with Crippen LogP contribution in [0.2, 0.25) is 0 Å². The number of hydrogen-bond acceptors (Lipinski definition) is 2. The molecule has 1 heterocycles. The number of aromatic nitrogens is 2. The average molecular weight is 386 g/mol. The van der Waals surface area contributed by atoms with Crippen LogP contribution < -0.4 is 4.57 Å². The van der Waals surface area contributed by atoms with Crippen LogP contribution >= 0.6 is 7.81 Å². The van der Waals surface area contributed by atoms with E-state index in [2.05, 4.69) is 13.8 Å². The van der Waals surface area contributed by atoms with Crippen molar-refractivity contribution < 1.29 is 39.2 Å². The van der Waals surface area contributed by atoms with Crippen molar-refractivity contribution in [3.05, 3.63) is 18.7 Å². The van der Waals surface area contributed by atoms with Gasteiger partial charge in [-0.25, -0.2) is 9.13 Å². The summed E-state index contributed by atoms with van der Waals surface area (Å²) in [7, 11) is -10.7. The van der Waals surface area contributed by atoms with Crippen molar-refractivity contribution in [1.29, 1.82) is 0 Å². The molecule has 0 amide bonds. The standard InChI is InChI=1S/C13H25N2O2.F6P/c1-3-5-9-16-12-14-7-8-15(11-14)13-17-10-6-4-2;1-7(2,3,4,5)6/h7-8,11H,3-6,9-10,12-13H2,1-2H3;/q+1;-1. The summed E-state index contributed by atoms with van der Waals surface area (Å²) in [6, 6.07) is 0. The van der Waals surface area contributed by atoms with Crippen molar-refractivity contribution in [2.75, 3.05) is 13.2 Å². The Morgan fingerprint density at radius 3 is 1.92 bits per heavy atom. The van der Waals surface area contributed by atoms with Crippen molar-refractivity contribution >= 4 is 7.81 Å². The Balaban J connectivity index is 0.000000640. The molecule has 0 aliphatic carbocycles. The molecule has 0 N–H and O–H groups in total. The Hall–Kier alpha value is -0.860. The zero-order valence-corrected chi connectivity index (χ0v) is 14.7. The molecule has 11 heteroatoms. The Kier molecular flexibility index (Phi) is 8.69. The molecule has 1 aromatic heterocycles. The first kappa shape index (κ1) is 23.1. The van der Waals surface area contributed by atoms with E-state index in [1.54, 1.807) is 0 Å². The van der Waals surface area contributed by atoms with E-state index < -0.39 is 7.81 Å². The van der Waals surface area contributed by atoms with E-state index in [1.165, 1.54) is 12.8 Å². The van der Waals surface area contributed by atoms with Crippen LogP contribution in [0.1, 0.15) is 39.5 Å².